The number of aryl methyl sites for hydroxylation is 1. The van der Waals surface area contributed by atoms with Crippen LogP contribution in [0.15, 0.2) is 37.2 Å². The van der Waals surface area contributed by atoms with Gasteiger partial charge in [-0.1, -0.05) is 12.7 Å². The van der Waals surface area contributed by atoms with Gasteiger partial charge in [-0.15, -0.1) is 0 Å². The molecule has 1 N–H and O–H groups in total. The quantitative estimate of drug-likeness (QED) is 0.343. The third-order valence-corrected chi connectivity index (χ3v) is 3.05. The fourth-order valence-electron chi connectivity index (χ4n) is 1.43. The molecule has 0 aliphatic heterocycles. The van der Waals surface area contributed by atoms with Gasteiger partial charge in [-0.2, -0.15) is 8.42 Å². The van der Waals surface area contributed by atoms with Crippen molar-refractivity contribution in [1.82, 2.24) is 0 Å². The lowest BCUT2D eigenvalue weighted by atomic mass is 10.3. The number of rotatable bonds is 7. The van der Waals surface area contributed by atoms with Crippen molar-refractivity contribution in [2.75, 3.05) is 12.4 Å². The molecule has 0 radical (unpaired) electrons. The molecular weight excluding hydrogens is 270 g/mol. The van der Waals surface area contributed by atoms with Crippen molar-refractivity contribution in [2.45, 2.75) is 13.0 Å². The number of hydrogen-bond acceptors (Lipinski definition) is 4. The average molecular weight is 286 g/mol. The molecule has 1 aromatic heterocycles. The molecule has 0 fully saturated rings. The van der Waals surface area contributed by atoms with Crippen molar-refractivity contribution in [2.24, 2.45) is 0 Å². The van der Waals surface area contributed by atoms with Crippen LogP contribution >= 0.6 is 0 Å². The highest BCUT2D eigenvalue weighted by atomic mass is 32.2. The summed E-state index contributed by atoms with van der Waals surface area (Å²) >= 11 is 0. The van der Waals surface area contributed by atoms with Crippen LogP contribution in [0.1, 0.15) is 16.8 Å². The number of ether oxygens (including phenoxy) is 1. The summed E-state index contributed by atoms with van der Waals surface area (Å²) in [4.78, 5) is 11.6. The second kappa shape index (κ2) is 7.01. The summed E-state index contributed by atoms with van der Waals surface area (Å²) in [5, 5.41) is 0. The first-order valence-electron chi connectivity index (χ1n) is 5.64. The summed E-state index contributed by atoms with van der Waals surface area (Å²) < 4.78 is 36.3. The van der Waals surface area contributed by atoms with Crippen LogP contribution < -0.4 is 4.57 Å². The molecule has 0 aliphatic rings. The van der Waals surface area contributed by atoms with E-state index in [0.717, 1.165) is 0 Å². The predicted octanol–water partition coefficient (Wildman–Crippen LogP) is 0.595. The van der Waals surface area contributed by atoms with E-state index in [0.29, 0.717) is 12.1 Å². The molecule has 19 heavy (non-hydrogen) atoms. The zero-order valence-electron chi connectivity index (χ0n) is 10.4. The van der Waals surface area contributed by atoms with Crippen molar-refractivity contribution < 1.29 is 27.1 Å². The van der Waals surface area contributed by atoms with E-state index in [1.54, 1.807) is 29.1 Å². The van der Waals surface area contributed by atoms with Gasteiger partial charge in [0.15, 0.2) is 12.4 Å². The Kier molecular flexibility index (Phi) is 5.65. The maximum atomic E-state index is 11.6. The smallest absolute Gasteiger partial charge is 0.344 e. The van der Waals surface area contributed by atoms with Crippen LogP contribution in [0.3, 0.4) is 0 Å². The van der Waals surface area contributed by atoms with Crippen molar-refractivity contribution in [1.29, 1.82) is 0 Å². The Morgan fingerprint density at radius 2 is 2.26 bits per heavy atom. The summed E-state index contributed by atoms with van der Waals surface area (Å²) in [6, 6.07) is 3.27. The Balaban J connectivity index is 2.61. The fraction of sp³-hybridized carbons (Fsp3) is 0.333. The van der Waals surface area contributed by atoms with E-state index in [2.05, 4.69) is 6.58 Å². The summed E-state index contributed by atoms with van der Waals surface area (Å²) in [6.45, 7) is 3.96. The number of carbonyl (C=O) groups is 1. The molecular formula is C12H16NO5S+. The second-order valence-corrected chi connectivity index (χ2v) is 5.43. The standard InChI is InChI=1S/C12H15NO5S/c1-2-8-18-12(14)11-5-3-6-13(10-11)7-4-9-19(15,16)17/h2-3,5-6,10H,1,4,7-9H2/p+1. The lowest BCUT2D eigenvalue weighted by Gasteiger charge is -2.01. The van der Waals surface area contributed by atoms with E-state index in [-0.39, 0.29) is 18.8 Å². The van der Waals surface area contributed by atoms with Crippen molar-refractivity contribution in [3.05, 3.63) is 42.7 Å². The molecule has 0 saturated carbocycles. The first-order chi connectivity index (χ1) is 8.92. The first kappa shape index (κ1) is 15.3. The Bertz CT molecular complexity index is 553. The van der Waals surface area contributed by atoms with Gasteiger partial charge in [0.05, 0.1) is 5.75 Å². The number of pyridine rings is 1. The minimum absolute atomic E-state index is 0.135. The molecule has 0 unspecified atom stereocenters. The molecule has 0 saturated heterocycles. The summed E-state index contributed by atoms with van der Waals surface area (Å²) in [5.41, 5.74) is 0.371. The third-order valence-electron chi connectivity index (χ3n) is 2.24. The molecule has 6 nitrogen and oxygen atoms in total. The van der Waals surface area contributed by atoms with Crippen LogP contribution in [0.2, 0.25) is 0 Å². The minimum atomic E-state index is -3.95. The lowest BCUT2D eigenvalue weighted by Crippen LogP contribution is -2.34. The molecule has 7 heteroatoms. The summed E-state index contributed by atoms with van der Waals surface area (Å²) in [5.74, 6) is -0.783. The maximum Gasteiger partial charge on any atom is 0.344 e. The fourth-order valence-corrected chi connectivity index (χ4v) is 1.92. The van der Waals surface area contributed by atoms with Crippen molar-refractivity contribution >= 4 is 16.1 Å². The van der Waals surface area contributed by atoms with Gasteiger partial charge in [-0.3, -0.25) is 4.55 Å². The Morgan fingerprint density at radius 3 is 2.89 bits per heavy atom. The number of nitrogens with zero attached hydrogens (tertiary/aromatic N) is 1. The Hall–Kier alpha value is -1.73. The number of carbonyl (C=O) groups excluding carboxylic acids is 1. The highest BCUT2D eigenvalue weighted by molar-refractivity contribution is 7.85. The monoisotopic (exact) mass is 286 g/mol. The summed E-state index contributed by atoms with van der Waals surface area (Å²) in [7, 11) is -3.95. The van der Waals surface area contributed by atoms with Crippen LogP contribution in [-0.2, 0) is 21.4 Å². The SMILES string of the molecule is C=CCOC(=O)c1ccc[n+](CCCS(=O)(=O)O)c1. The molecule has 0 aliphatic carbocycles. The predicted molar refractivity (Wildman–Crippen MR) is 68.1 cm³/mol. The lowest BCUT2D eigenvalue weighted by molar-refractivity contribution is -0.697. The largest absolute Gasteiger partial charge is 0.458 e. The highest BCUT2D eigenvalue weighted by Crippen LogP contribution is 1.98. The van der Waals surface area contributed by atoms with Gasteiger partial charge in [0.1, 0.15) is 18.7 Å². The van der Waals surface area contributed by atoms with E-state index in [4.69, 9.17) is 9.29 Å². The van der Waals surface area contributed by atoms with Crippen LogP contribution in [0.4, 0.5) is 0 Å². The third kappa shape index (κ3) is 6.12. The van der Waals surface area contributed by atoms with Crippen LogP contribution in [0.5, 0.6) is 0 Å². The van der Waals surface area contributed by atoms with Crippen molar-refractivity contribution in [3.8, 4) is 0 Å². The van der Waals surface area contributed by atoms with Crippen LogP contribution in [-0.4, -0.2) is 31.3 Å². The minimum Gasteiger partial charge on any atom is -0.458 e. The zero-order chi connectivity index (χ0) is 14.3. The van der Waals surface area contributed by atoms with Gasteiger partial charge < -0.3 is 4.74 Å². The van der Waals surface area contributed by atoms with Gasteiger partial charge in [0.25, 0.3) is 10.1 Å². The maximum absolute atomic E-state index is 11.6. The van der Waals surface area contributed by atoms with E-state index < -0.39 is 16.1 Å². The number of esters is 1. The molecule has 0 spiro atoms. The second-order valence-electron chi connectivity index (χ2n) is 3.86. The molecule has 0 bridgehead atoms. The normalized spacial score (nSPS) is 11.0. The average Bonchev–Trinajstić information content (AvgIpc) is 2.35. The van der Waals surface area contributed by atoms with Gasteiger partial charge in [-0.25, -0.2) is 9.36 Å². The van der Waals surface area contributed by atoms with Crippen LogP contribution in [0.25, 0.3) is 0 Å². The van der Waals surface area contributed by atoms with Gasteiger partial charge >= 0.3 is 5.97 Å². The Labute approximate surface area is 112 Å². The van der Waals surface area contributed by atoms with Crippen molar-refractivity contribution in [3.63, 3.8) is 0 Å². The Morgan fingerprint density at radius 1 is 1.53 bits per heavy atom. The van der Waals surface area contributed by atoms with E-state index in [1.807, 2.05) is 0 Å². The van der Waals surface area contributed by atoms with E-state index in [9.17, 15) is 13.2 Å². The van der Waals surface area contributed by atoms with Gasteiger partial charge in [0, 0.05) is 12.5 Å². The van der Waals surface area contributed by atoms with E-state index in [1.165, 1.54) is 6.08 Å². The highest BCUT2D eigenvalue weighted by Gasteiger charge is 2.12. The van der Waals surface area contributed by atoms with Gasteiger partial charge in [0.2, 0.25) is 0 Å². The van der Waals surface area contributed by atoms with Crippen LogP contribution in [0, 0.1) is 0 Å². The topological polar surface area (TPSA) is 84.5 Å². The van der Waals surface area contributed by atoms with Gasteiger partial charge in [-0.05, 0) is 6.07 Å². The molecule has 1 heterocycles. The zero-order valence-corrected chi connectivity index (χ0v) is 11.2. The first-order valence-corrected chi connectivity index (χ1v) is 7.25. The molecule has 1 rings (SSSR count). The molecule has 0 aromatic carbocycles. The molecule has 0 amide bonds. The molecule has 104 valence electrons. The van der Waals surface area contributed by atoms with E-state index >= 15 is 0 Å². The summed E-state index contributed by atoms with van der Waals surface area (Å²) in [6.07, 6.45) is 5.00. The molecule has 0 atom stereocenters. The number of aromatic nitrogens is 1. The molecule has 1 aromatic rings. The number of hydrogen-bond donors (Lipinski definition) is 1.